The van der Waals surface area contributed by atoms with Gasteiger partial charge in [-0.05, 0) is 37.3 Å². The summed E-state index contributed by atoms with van der Waals surface area (Å²) >= 11 is 0. The van der Waals surface area contributed by atoms with Crippen LogP contribution < -0.4 is 10.1 Å². The van der Waals surface area contributed by atoms with Gasteiger partial charge in [0.2, 0.25) is 0 Å². The van der Waals surface area contributed by atoms with Gasteiger partial charge >= 0.3 is 0 Å². The summed E-state index contributed by atoms with van der Waals surface area (Å²) < 4.78 is 5.76. The van der Waals surface area contributed by atoms with Crippen molar-refractivity contribution in [2.24, 2.45) is 11.8 Å². The number of aromatic nitrogens is 1. The van der Waals surface area contributed by atoms with E-state index in [9.17, 15) is 0 Å². The van der Waals surface area contributed by atoms with E-state index in [1.165, 1.54) is 6.42 Å². The zero-order chi connectivity index (χ0) is 14.1. The number of rotatable bonds is 9. The van der Waals surface area contributed by atoms with E-state index in [0.717, 1.165) is 43.5 Å². The molecule has 0 saturated heterocycles. The van der Waals surface area contributed by atoms with E-state index >= 15 is 0 Å². The number of pyridine rings is 1. The molecule has 1 heterocycles. The fourth-order valence-electron chi connectivity index (χ4n) is 1.81. The van der Waals surface area contributed by atoms with Crippen LogP contribution in [0.25, 0.3) is 0 Å². The molecule has 0 unspecified atom stereocenters. The van der Waals surface area contributed by atoms with Gasteiger partial charge in [0.15, 0.2) is 0 Å². The van der Waals surface area contributed by atoms with E-state index in [2.05, 4.69) is 38.0 Å². The second-order valence-electron chi connectivity index (χ2n) is 5.89. The molecule has 3 heteroatoms. The van der Waals surface area contributed by atoms with Crippen LogP contribution in [0.2, 0.25) is 0 Å². The molecule has 0 aliphatic rings. The summed E-state index contributed by atoms with van der Waals surface area (Å²) in [6.45, 7) is 11.5. The lowest BCUT2D eigenvalue weighted by Gasteiger charge is -2.10. The number of nitrogens with zero attached hydrogens (tertiary/aromatic N) is 1. The van der Waals surface area contributed by atoms with Gasteiger partial charge in [-0.15, -0.1) is 0 Å². The lowest BCUT2D eigenvalue weighted by Crippen LogP contribution is -2.19. The molecule has 0 aliphatic carbocycles. The van der Waals surface area contributed by atoms with E-state index in [1.54, 1.807) is 0 Å². The third-order valence-corrected chi connectivity index (χ3v) is 2.84. The van der Waals surface area contributed by atoms with Crippen molar-refractivity contribution >= 4 is 0 Å². The Morgan fingerprint density at radius 3 is 2.68 bits per heavy atom. The quantitative estimate of drug-likeness (QED) is 0.691. The number of nitrogens with one attached hydrogen (secondary N) is 1. The van der Waals surface area contributed by atoms with Gasteiger partial charge in [0.1, 0.15) is 5.75 Å². The second kappa shape index (κ2) is 8.92. The Labute approximate surface area is 117 Å². The van der Waals surface area contributed by atoms with Gasteiger partial charge in [-0.2, -0.15) is 0 Å². The molecule has 0 bridgehead atoms. The fraction of sp³-hybridized carbons (Fsp3) is 0.688. The molecule has 19 heavy (non-hydrogen) atoms. The van der Waals surface area contributed by atoms with Gasteiger partial charge in [0.05, 0.1) is 12.3 Å². The van der Waals surface area contributed by atoms with Crippen LogP contribution in [0, 0.1) is 11.8 Å². The monoisotopic (exact) mass is 264 g/mol. The summed E-state index contributed by atoms with van der Waals surface area (Å²) in [5.41, 5.74) is 1.04. The number of ether oxygens (including phenoxy) is 1. The summed E-state index contributed by atoms with van der Waals surface area (Å²) in [5, 5.41) is 3.39. The van der Waals surface area contributed by atoms with Gasteiger partial charge in [-0.3, -0.25) is 4.98 Å². The summed E-state index contributed by atoms with van der Waals surface area (Å²) in [6, 6.07) is 3.96. The predicted octanol–water partition coefficient (Wildman–Crippen LogP) is 3.64. The van der Waals surface area contributed by atoms with Crippen molar-refractivity contribution in [1.29, 1.82) is 0 Å². The Morgan fingerprint density at radius 2 is 2.00 bits per heavy atom. The number of hydrogen-bond acceptors (Lipinski definition) is 3. The molecule has 0 spiro atoms. The topological polar surface area (TPSA) is 34.1 Å². The molecule has 1 aromatic heterocycles. The Balaban J connectivity index is 2.31. The average Bonchev–Trinajstić information content (AvgIpc) is 2.34. The zero-order valence-corrected chi connectivity index (χ0v) is 12.8. The smallest absolute Gasteiger partial charge is 0.122 e. The first-order valence-corrected chi connectivity index (χ1v) is 7.36. The zero-order valence-electron chi connectivity index (χ0n) is 12.8. The van der Waals surface area contributed by atoms with Crippen molar-refractivity contribution in [3.05, 3.63) is 24.0 Å². The molecular formula is C16H28N2O. The first-order chi connectivity index (χ1) is 9.08. The maximum absolute atomic E-state index is 5.76. The van der Waals surface area contributed by atoms with Crippen molar-refractivity contribution in [1.82, 2.24) is 10.3 Å². The van der Waals surface area contributed by atoms with Crippen LogP contribution in [0.3, 0.4) is 0 Å². The van der Waals surface area contributed by atoms with E-state index in [4.69, 9.17) is 4.74 Å². The molecule has 0 radical (unpaired) electrons. The predicted molar refractivity (Wildman–Crippen MR) is 80.3 cm³/mol. The molecule has 0 aliphatic heterocycles. The average molecular weight is 264 g/mol. The van der Waals surface area contributed by atoms with E-state index in [-0.39, 0.29) is 0 Å². The molecule has 0 amide bonds. The van der Waals surface area contributed by atoms with E-state index < -0.39 is 0 Å². The lowest BCUT2D eigenvalue weighted by molar-refractivity contribution is 0.297. The molecule has 108 valence electrons. The van der Waals surface area contributed by atoms with Crippen LogP contribution in [-0.4, -0.2) is 18.1 Å². The van der Waals surface area contributed by atoms with Crippen molar-refractivity contribution in [3.8, 4) is 5.75 Å². The van der Waals surface area contributed by atoms with Gasteiger partial charge < -0.3 is 10.1 Å². The van der Waals surface area contributed by atoms with Gasteiger partial charge in [0.25, 0.3) is 0 Å². The summed E-state index contributed by atoms with van der Waals surface area (Å²) in [4.78, 5) is 4.35. The minimum absolute atomic E-state index is 0.662. The molecule has 1 rings (SSSR count). The first-order valence-electron chi connectivity index (χ1n) is 7.36. The maximum Gasteiger partial charge on any atom is 0.122 e. The van der Waals surface area contributed by atoms with Crippen molar-refractivity contribution in [2.45, 2.75) is 47.1 Å². The van der Waals surface area contributed by atoms with Crippen LogP contribution in [0.4, 0.5) is 0 Å². The van der Waals surface area contributed by atoms with E-state index in [1.807, 2.05) is 18.3 Å². The highest BCUT2D eigenvalue weighted by atomic mass is 16.5. The summed E-state index contributed by atoms with van der Waals surface area (Å²) in [7, 11) is 0. The maximum atomic E-state index is 5.76. The standard InChI is InChI=1S/C16H28N2O/c1-13(2)6-5-9-19-16-7-8-18-15(10-16)12-17-11-14(3)4/h7-8,10,13-14,17H,5-6,9,11-12H2,1-4H3. The molecule has 1 aromatic rings. The molecule has 3 nitrogen and oxygen atoms in total. The largest absolute Gasteiger partial charge is 0.493 e. The molecular weight excluding hydrogens is 236 g/mol. The highest BCUT2D eigenvalue weighted by Crippen LogP contribution is 2.12. The highest BCUT2D eigenvalue weighted by Gasteiger charge is 2.00. The lowest BCUT2D eigenvalue weighted by atomic mass is 10.1. The van der Waals surface area contributed by atoms with Crippen molar-refractivity contribution in [2.75, 3.05) is 13.2 Å². The Hall–Kier alpha value is -1.09. The summed E-state index contributed by atoms with van der Waals surface area (Å²) in [5.74, 6) is 2.34. The minimum Gasteiger partial charge on any atom is -0.493 e. The molecule has 0 saturated carbocycles. The Morgan fingerprint density at radius 1 is 1.21 bits per heavy atom. The molecule has 0 fully saturated rings. The molecule has 1 N–H and O–H groups in total. The number of hydrogen-bond donors (Lipinski definition) is 1. The first kappa shape index (κ1) is 16.0. The SMILES string of the molecule is CC(C)CCCOc1ccnc(CNCC(C)C)c1. The van der Waals surface area contributed by atoms with Gasteiger partial charge in [-0.1, -0.05) is 27.7 Å². The Bertz CT molecular complexity index is 350. The normalized spacial score (nSPS) is 11.3. The van der Waals surface area contributed by atoms with Crippen LogP contribution in [0.1, 0.15) is 46.2 Å². The third-order valence-electron chi connectivity index (χ3n) is 2.84. The Kier molecular flexibility index (Phi) is 7.49. The molecule has 0 aromatic carbocycles. The second-order valence-corrected chi connectivity index (χ2v) is 5.89. The van der Waals surface area contributed by atoms with Crippen LogP contribution in [0.15, 0.2) is 18.3 Å². The highest BCUT2D eigenvalue weighted by molar-refractivity contribution is 5.22. The van der Waals surface area contributed by atoms with Gasteiger partial charge in [-0.25, -0.2) is 0 Å². The van der Waals surface area contributed by atoms with Crippen molar-refractivity contribution < 1.29 is 4.74 Å². The third kappa shape index (κ3) is 7.83. The van der Waals surface area contributed by atoms with Crippen molar-refractivity contribution in [3.63, 3.8) is 0 Å². The van der Waals surface area contributed by atoms with Crippen LogP contribution >= 0.6 is 0 Å². The van der Waals surface area contributed by atoms with E-state index in [0.29, 0.717) is 5.92 Å². The van der Waals surface area contributed by atoms with Crippen LogP contribution in [-0.2, 0) is 6.54 Å². The van der Waals surface area contributed by atoms with Gasteiger partial charge in [0, 0.05) is 18.8 Å². The minimum atomic E-state index is 0.662. The fourth-order valence-corrected chi connectivity index (χ4v) is 1.81. The van der Waals surface area contributed by atoms with Crippen LogP contribution in [0.5, 0.6) is 5.75 Å². The molecule has 0 atom stereocenters. The summed E-state index contributed by atoms with van der Waals surface area (Å²) in [6.07, 6.45) is 4.15.